The topological polar surface area (TPSA) is 73.4 Å². The van der Waals surface area contributed by atoms with Crippen molar-refractivity contribution in [2.24, 2.45) is 0 Å². The van der Waals surface area contributed by atoms with Crippen LogP contribution >= 0.6 is 0 Å². The van der Waals surface area contributed by atoms with E-state index in [1.54, 1.807) is 12.1 Å². The Bertz CT molecular complexity index is 1020. The molecule has 2 amide bonds. The fraction of sp³-hybridized carbons (Fsp3) is 0.321. The first-order valence-corrected chi connectivity index (χ1v) is 11.6. The van der Waals surface area contributed by atoms with Crippen LogP contribution in [0.25, 0.3) is 0 Å². The molecule has 0 radical (unpaired) electrons. The Morgan fingerprint density at radius 2 is 1.42 bits per heavy atom. The lowest BCUT2D eigenvalue weighted by Crippen LogP contribution is -2.37. The first-order valence-electron chi connectivity index (χ1n) is 11.6. The summed E-state index contributed by atoms with van der Waals surface area (Å²) in [5.74, 6) is 0.863. The molecule has 3 rings (SSSR count). The number of phenolic OH excluding ortho intramolecular Hbond substituents is 1. The molecule has 0 aliphatic rings. The van der Waals surface area contributed by atoms with Gasteiger partial charge in [-0.3, -0.25) is 0 Å². The summed E-state index contributed by atoms with van der Waals surface area (Å²) in [5.41, 5.74) is 5.05. The molecule has 0 unspecified atom stereocenters. The van der Waals surface area contributed by atoms with Gasteiger partial charge in [-0.05, 0) is 34.6 Å². The predicted molar refractivity (Wildman–Crippen MR) is 136 cm³/mol. The lowest BCUT2D eigenvalue weighted by molar-refractivity contribution is 0.250. The number of carbonyl (C=O) groups is 1. The molecule has 1 atom stereocenters. The van der Waals surface area contributed by atoms with Crippen molar-refractivity contribution in [2.75, 3.05) is 11.9 Å². The second-order valence-electron chi connectivity index (χ2n) is 8.93. The molecule has 0 bridgehead atoms. The van der Waals surface area contributed by atoms with E-state index in [1.807, 2.05) is 42.5 Å². The van der Waals surface area contributed by atoms with Gasteiger partial charge in [-0.1, -0.05) is 94.4 Å². The molecule has 0 saturated heterocycles. The number of hydrogen-bond acceptors (Lipinski definition) is 3. The molecule has 0 aliphatic carbocycles. The number of carbonyl (C=O) groups excluding carboxylic acids is 1. The molecule has 0 heterocycles. The molecule has 33 heavy (non-hydrogen) atoms. The summed E-state index contributed by atoms with van der Waals surface area (Å²) in [5, 5.41) is 19.7. The molecule has 0 spiro atoms. The van der Waals surface area contributed by atoms with Gasteiger partial charge in [0, 0.05) is 30.4 Å². The fourth-order valence-corrected chi connectivity index (χ4v) is 3.93. The lowest BCUT2D eigenvalue weighted by Gasteiger charge is -2.23. The van der Waals surface area contributed by atoms with E-state index in [0.717, 1.165) is 27.9 Å². The predicted octanol–water partition coefficient (Wildman–Crippen LogP) is 6.29. The van der Waals surface area contributed by atoms with Crippen LogP contribution in [-0.2, 0) is 6.54 Å². The van der Waals surface area contributed by atoms with Gasteiger partial charge in [0.25, 0.3) is 0 Å². The molecule has 0 fully saturated rings. The minimum absolute atomic E-state index is 0.110. The first kappa shape index (κ1) is 24.3. The molecule has 0 saturated carbocycles. The van der Waals surface area contributed by atoms with Gasteiger partial charge in [-0.15, -0.1) is 0 Å². The minimum Gasteiger partial charge on any atom is -0.508 e. The number of benzene rings is 3. The zero-order valence-corrected chi connectivity index (χ0v) is 19.9. The SMILES string of the molecule is CC(C)c1cccc(C(C)C)c1NC(=O)NC[C@H](NCc1ccccc1O)c1ccccc1. The van der Waals surface area contributed by atoms with Gasteiger partial charge < -0.3 is 21.1 Å². The summed E-state index contributed by atoms with van der Waals surface area (Å²) in [6, 6.07) is 23.2. The second kappa shape index (κ2) is 11.5. The average Bonchev–Trinajstić information content (AvgIpc) is 2.80. The van der Waals surface area contributed by atoms with Gasteiger partial charge in [0.2, 0.25) is 0 Å². The van der Waals surface area contributed by atoms with Crippen molar-refractivity contribution < 1.29 is 9.90 Å². The maximum absolute atomic E-state index is 12.9. The van der Waals surface area contributed by atoms with Gasteiger partial charge in [0.15, 0.2) is 0 Å². The lowest BCUT2D eigenvalue weighted by atomic mass is 9.93. The van der Waals surface area contributed by atoms with Gasteiger partial charge >= 0.3 is 6.03 Å². The highest BCUT2D eigenvalue weighted by Gasteiger charge is 2.17. The van der Waals surface area contributed by atoms with Crippen molar-refractivity contribution in [1.82, 2.24) is 10.6 Å². The molecule has 0 aromatic heterocycles. The van der Waals surface area contributed by atoms with Crippen LogP contribution < -0.4 is 16.0 Å². The van der Waals surface area contributed by atoms with Crippen molar-refractivity contribution in [3.63, 3.8) is 0 Å². The van der Waals surface area contributed by atoms with Gasteiger partial charge in [-0.2, -0.15) is 0 Å². The molecule has 4 N–H and O–H groups in total. The second-order valence-corrected chi connectivity index (χ2v) is 8.93. The van der Waals surface area contributed by atoms with Gasteiger partial charge in [-0.25, -0.2) is 4.79 Å². The molecular weight excluding hydrogens is 410 g/mol. The number of hydrogen-bond donors (Lipinski definition) is 4. The Morgan fingerprint density at radius 3 is 2.03 bits per heavy atom. The van der Waals surface area contributed by atoms with Crippen LogP contribution in [0.2, 0.25) is 0 Å². The van der Waals surface area contributed by atoms with Crippen LogP contribution in [0.15, 0.2) is 72.8 Å². The van der Waals surface area contributed by atoms with Crippen LogP contribution in [0.4, 0.5) is 10.5 Å². The van der Waals surface area contributed by atoms with Crippen molar-refractivity contribution in [3.05, 3.63) is 95.1 Å². The number of aromatic hydroxyl groups is 1. The van der Waals surface area contributed by atoms with Crippen LogP contribution in [-0.4, -0.2) is 17.7 Å². The van der Waals surface area contributed by atoms with Crippen molar-refractivity contribution in [3.8, 4) is 5.75 Å². The van der Waals surface area contributed by atoms with Crippen LogP contribution in [0.1, 0.15) is 67.8 Å². The van der Waals surface area contributed by atoms with Gasteiger partial charge in [0.05, 0.1) is 0 Å². The van der Waals surface area contributed by atoms with Crippen LogP contribution in [0.3, 0.4) is 0 Å². The summed E-state index contributed by atoms with van der Waals surface area (Å²) >= 11 is 0. The first-order chi connectivity index (χ1) is 15.9. The smallest absolute Gasteiger partial charge is 0.319 e. The zero-order chi connectivity index (χ0) is 23.8. The Hall–Kier alpha value is -3.31. The van der Waals surface area contributed by atoms with E-state index in [0.29, 0.717) is 24.9 Å². The van der Waals surface area contributed by atoms with E-state index in [-0.39, 0.29) is 17.8 Å². The maximum Gasteiger partial charge on any atom is 0.319 e. The molecule has 3 aromatic carbocycles. The van der Waals surface area contributed by atoms with E-state index in [9.17, 15) is 9.90 Å². The normalized spacial score (nSPS) is 12.1. The van der Waals surface area contributed by atoms with E-state index < -0.39 is 0 Å². The summed E-state index contributed by atoms with van der Waals surface area (Å²) in [6.07, 6.45) is 0. The van der Waals surface area contributed by atoms with Crippen molar-refractivity contribution >= 4 is 11.7 Å². The molecule has 5 nitrogen and oxygen atoms in total. The van der Waals surface area contributed by atoms with Crippen LogP contribution in [0.5, 0.6) is 5.75 Å². The maximum atomic E-state index is 12.9. The number of para-hydroxylation sites is 2. The molecular formula is C28H35N3O2. The average molecular weight is 446 g/mol. The van der Waals surface area contributed by atoms with Crippen LogP contribution in [0, 0.1) is 0 Å². The highest BCUT2D eigenvalue weighted by atomic mass is 16.3. The summed E-state index contributed by atoms with van der Waals surface area (Å²) < 4.78 is 0. The number of anilines is 1. The monoisotopic (exact) mass is 445 g/mol. The molecule has 3 aromatic rings. The highest BCUT2D eigenvalue weighted by molar-refractivity contribution is 5.91. The largest absolute Gasteiger partial charge is 0.508 e. The molecule has 174 valence electrons. The number of amides is 2. The van der Waals surface area contributed by atoms with Gasteiger partial charge in [0.1, 0.15) is 5.75 Å². The standard InChI is InChI=1S/C28H35N3O2/c1-19(2)23-14-10-15-24(20(3)4)27(23)31-28(33)30-18-25(21-11-6-5-7-12-21)29-17-22-13-8-9-16-26(22)32/h5-16,19-20,25,29,32H,17-18H2,1-4H3,(H2,30,31,33)/t25-/m0/s1. The Balaban J connectivity index is 1.72. The van der Waals surface area contributed by atoms with Crippen molar-refractivity contribution in [2.45, 2.75) is 52.1 Å². The van der Waals surface area contributed by atoms with E-state index in [1.165, 1.54) is 0 Å². The number of urea groups is 1. The molecule has 5 heteroatoms. The van der Waals surface area contributed by atoms with E-state index >= 15 is 0 Å². The third-order valence-corrected chi connectivity index (χ3v) is 5.81. The van der Waals surface area contributed by atoms with E-state index in [4.69, 9.17) is 0 Å². The zero-order valence-electron chi connectivity index (χ0n) is 19.9. The quantitative estimate of drug-likeness (QED) is 0.313. The number of rotatable bonds is 9. The Kier molecular flexibility index (Phi) is 8.50. The summed E-state index contributed by atoms with van der Waals surface area (Å²) in [4.78, 5) is 12.9. The number of nitrogens with one attached hydrogen (secondary N) is 3. The number of phenols is 1. The summed E-state index contributed by atoms with van der Waals surface area (Å²) in [7, 11) is 0. The minimum atomic E-state index is -0.227. The Labute approximate surface area is 197 Å². The third kappa shape index (κ3) is 6.59. The third-order valence-electron chi connectivity index (χ3n) is 5.81. The fourth-order valence-electron chi connectivity index (χ4n) is 3.93. The Morgan fingerprint density at radius 1 is 0.818 bits per heavy atom. The van der Waals surface area contributed by atoms with E-state index in [2.05, 4.69) is 61.8 Å². The van der Waals surface area contributed by atoms with Crippen molar-refractivity contribution in [1.29, 1.82) is 0 Å². The highest BCUT2D eigenvalue weighted by Crippen LogP contribution is 2.32. The molecule has 0 aliphatic heterocycles. The summed E-state index contributed by atoms with van der Waals surface area (Å²) in [6.45, 7) is 9.44.